The van der Waals surface area contributed by atoms with Crippen molar-refractivity contribution < 1.29 is 22.7 Å². The van der Waals surface area contributed by atoms with E-state index in [4.69, 9.17) is 4.74 Å². The third-order valence-electron chi connectivity index (χ3n) is 5.23. The number of anilines is 1. The number of nitrogens with one attached hydrogen (secondary N) is 1. The fourth-order valence-corrected chi connectivity index (χ4v) is 4.38. The number of rotatable bonds is 8. The summed E-state index contributed by atoms with van der Waals surface area (Å²) in [6, 6.07) is 27.8. The maximum atomic E-state index is 12.5. The normalized spacial score (nSPS) is 11.4. The average molecular weight is 502 g/mol. The van der Waals surface area contributed by atoms with Gasteiger partial charge in [0.1, 0.15) is 12.3 Å². The highest BCUT2D eigenvalue weighted by molar-refractivity contribution is 7.92. The highest BCUT2D eigenvalue weighted by Crippen LogP contribution is 2.28. The van der Waals surface area contributed by atoms with E-state index < -0.39 is 28.4 Å². The van der Waals surface area contributed by atoms with E-state index in [1.54, 1.807) is 66.7 Å². The molecule has 4 aromatic rings. The van der Waals surface area contributed by atoms with Crippen molar-refractivity contribution in [1.82, 2.24) is 5.43 Å². The molecule has 0 unspecified atom stereocenters. The van der Waals surface area contributed by atoms with Gasteiger partial charge >= 0.3 is 5.97 Å². The molecule has 0 aromatic heterocycles. The fraction of sp³-hybridized carbons (Fsp3) is 0.0741. The van der Waals surface area contributed by atoms with Crippen LogP contribution in [-0.4, -0.2) is 39.3 Å². The topological polar surface area (TPSA) is 105 Å². The molecule has 0 spiro atoms. The molecule has 1 N–H and O–H groups in total. The van der Waals surface area contributed by atoms with Crippen molar-refractivity contribution in [2.75, 3.05) is 17.1 Å². The predicted octanol–water partition coefficient (Wildman–Crippen LogP) is 3.98. The van der Waals surface area contributed by atoms with Crippen LogP contribution in [-0.2, 0) is 14.8 Å². The number of hydrogen-bond donors (Lipinski definition) is 1. The lowest BCUT2D eigenvalue weighted by molar-refractivity contribution is -0.119. The van der Waals surface area contributed by atoms with Crippen LogP contribution in [0.3, 0.4) is 0 Å². The van der Waals surface area contributed by atoms with Crippen molar-refractivity contribution >= 4 is 44.6 Å². The van der Waals surface area contributed by atoms with E-state index in [1.165, 1.54) is 6.21 Å². The molecule has 0 heterocycles. The van der Waals surface area contributed by atoms with Crippen molar-refractivity contribution in [1.29, 1.82) is 0 Å². The van der Waals surface area contributed by atoms with Crippen LogP contribution in [0, 0.1) is 0 Å². The molecule has 4 aromatic carbocycles. The summed E-state index contributed by atoms with van der Waals surface area (Å²) < 4.78 is 31.3. The first-order valence-corrected chi connectivity index (χ1v) is 12.8. The second kappa shape index (κ2) is 10.8. The average Bonchev–Trinajstić information content (AvgIpc) is 2.88. The second-order valence-electron chi connectivity index (χ2n) is 7.89. The van der Waals surface area contributed by atoms with Crippen LogP contribution in [0.5, 0.6) is 5.75 Å². The van der Waals surface area contributed by atoms with Gasteiger partial charge in [0.2, 0.25) is 10.0 Å². The zero-order valence-electron chi connectivity index (χ0n) is 19.4. The van der Waals surface area contributed by atoms with E-state index in [2.05, 4.69) is 10.5 Å². The van der Waals surface area contributed by atoms with E-state index in [9.17, 15) is 18.0 Å². The van der Waals surface area contributed by atoms with E-state index in [1.807, 2.05) is 30.3 Å². The summed E-state index contributed by atoms with van der Waals surface area (Å²) in [6.45, 7) is -0.432. The molecule has 9 heteroatoms. The molecule has 182 valence electrons. The van der Waals surface area contributed by atoms with E-state index >= 15 is 0 Å². The van der Waals surface area contributed by atoms with Gasteiger partial charge < -0.3 is 4.74 Å². The number of hydrazone groups is 1. The minimum atomic E-state index is -3.74. The van der Waals surface area contributed by atoms with Crippen LogP contribution in [0.15, 0.2) is 102 Å². The lowest BCUT2D eigenvalue weighted by Gasteiger charge is -2.23. The first-order chi connectivity index (χ1) is 17.3. The first-order valence-electron chi connectivity index (χ1n) is 11.0. The zero-order valence-corrected chi connectivity index (χ0v) is 20.2. The summed E-state index contributed by atoms with van der Waals surface area (Å²) >= 11 is 0. The van der Waals surface area contributed by atoms with Gasteiger partial charge in [0, 0.05) is 5.39 Å². The highest BCUT2D eigenvalue weighted by atomic mass is 32.2. The number of nitrogens with zero attached hydrogens (tertiary/aromatic N) is 2. The summed E-state index contributed by atoms with van der Waals surface area (Å²) in [7, 11) is -3.74. The number of ether oxygens (including phenoxy) is 1. The van der Waals surface area contributed by atoms with Crippen LogP contribution in [0.25, 0.3) is 10.8 Å². The summed E-state index contributed by atoms with van der Waals surface area (Å²) in [4.78, 5) is 24.7. The summed E-state index contributed by atoms with van der Waals surface area (Å²) in [5, 5.41) is 5.50. The molecule has 0 aliphatic heterocycles. The molecule has 0 saturated heterocycles. The van der Waals surface area contributed by atoms with Crippen LogP contribution in [0.1, 0.15) is 15.9 Å². The first kappa shape index (κ1) is 24.6. The molecular formula is C27H23N3O5S. The summed E-state index contributed by atoms with van der Waals surface area (Å²) in [5.74, 6) is -0.701. The van der Waals surface area contributed by atoms with Gasteiger partial charge in [0.05, 0.1) is 23.7 Å². The van der Waals surface area contributed by atoms with Crippen molar-refractivity contribution in [2.45, 2.75) is 0 Å². The van der Waals surface area contributed by atoms with E-state index in [0.717, 1.165) is 21.3 Å². The molecule has 4 rings (SSSR count). The van der Waals surface area contributed by atoms with Crippen molar-refractivity contribution in [3.63, 3.8) is 0 Å². The number of carbonyl (C=O) groups excluding carboxylic acids is 2. The zero-order chi connectivity index (χ0) is 25.5. The summed E-state index contributed by atoms with van der Waals surface area (Å²) in [5.41, 5.74) is 3.86. The molecular weight excluding hydrogens is 478 g/mol. The van der Waals surface area contributed by atoms with Crippen molar-refractivity contribution in [3.8, 4) is 5.75 Å². The number of hydrogen-bond acceptors (Lipinski definition) is 6. The van der Waals surface area contributed by atoms with E-state index in [0.29, 0.717) is 22.6 Å². The smallest absolute Gasteiger partial charge is 0.343 e. The number of esters is 1. The van der Waals surface area contributed by atoms with Gasteiger partial charge in [-0.05, 0) is 53.4 Å². The molecule has 8 nitrogen and oxygen atoms in total. The molecule has 0 saturated carbocycles. The molecule has 36 heavy (non-hydrogen) atoms. The number of sulfonamides is 1. The van der Waals surface area contributed by atoms with Crippen LogP contribution in [0.4, 0.5) is 5.69 Å². The number of fused-ring (bicyclic) bond motifs is 1. The Morgan fingerprint density at radius 2 is 1.56 bits per heavy atom. The van der Waals surface area contributed by atoms with Crippen molar-refractivity contribution in [2.24, 2.45) is 5.10 Å². The SMILES string of the molecule is CS(=O)(=O)N(CC(=O)N/N=C\c1ccc(OC(=O)c2ccccc2)cc1)c1cccc2ccccc12. The number of benzene rings is 4. The Bertz CT molecular complexity index is 1510. The summed E-state index contributed by atoms with van der Waals surface area (Å²) in [6.07, 6.45) is 2.46. The molecule has 1 amide bonds. The Morgan fingerprint density at radius 3 is 2.28 bits per heavy atom. The molecule has 0 aliphatic carbocycles. The Labute approximate surface area is 208 Å². The lowest BCUT2D eigenvalue weighted by atomic mass is 10.1. The fourth-order valence-electron chi connectivity index (χ4n) is 3.51. The third kappa shape index (κ3) is 6.13. The molecule has 0 aliphatic rings. The van der Waals surface area contributed by atoms with Gasteiger partial charge in [-0.3, -0.25) is 9.10 Å². The maximum Gasteiger partial charge on any atom is 0.343 e. The van der Waals surface area contributed by atoms with Gasteiger partial charge in [-0.25, -0.2) is 18.6 Å². The Balaban J connectivity index is 1.39. The highest BCUT2D eigenvalue weighted by Gasteiger charge is 2.22. The Morgan fingerprint density at radius 1 is 0.889 bits per heavy atom. The quantitative estimate of drug-likeness (QED) is 0.170. The Hall–Kier alpha value is -4.50. The van der Waals surface area contributed by atoms with Gasteiger partial charge in [-0.1, -0.05) is 54.6 Å². The molecule has 0 bridgehead atoms. The third-order valence-corrected chi connectivity index (χ3v) is 6.35. The molecule has 0 radical (unpaired) electrons. The van der Waals surface area contributed by atoms with Crippen LogP contribution in [0.2, 0.25) is 0 Å². The molecule has 0 fully saturated rings. The van der Waals surface area contributed by atoms with Gasteiger partial charge in [0.15, 0.2) is 0 Å². The largest absolute Gasteiger partial charge is 0.423 e. The predicted molar refractivity (Wildman–Crippen MR) is 140 cm³/mol. The van der Waals surface area contributed by atoms with Gasteiger partial charge in [-0.15, -0.1) is 0 Å². The number of amides is 1. The van der Waals surface area contributed by atoms with Crippen LogP contribution >= 0.6 is 0 Å². The van der Waals surface area contributed by atoms with E-state index in [-0.39, 0.29) is 0 Å². The number of carbonyl (C=O) groups is 2. The van der Waals surface area contributed by atoms with Crippen LogP contribution < -0.4 is 14.5 Å². The minimum absolute atomic E-state index is 0.365. The van der Waals surface area contributed by atoms with Gasteiger partial charge in [0.25, 0.3) is 5.91 Å². The standard InChI is InChI=1S/C27H23N3O5S/c1-36(33,34)30(25-13-7-11-21-8-5-6-12-24(21)25)19-26(31)29-28-18-20-14-16-23(17-15-20)35-27(32)22-9-3-2-4-10-22/h2-18H,19H2,1H3,(H,29,31)/b28-18-. The van der Waals surface area contributed by atoms with Crippen molar-refractivity contribution in [3.05, 3.63) is 108 Å². The minimum Gasteiger partial charge on any atom is -0.423 e. The molecule has 0 atom stereocenters. The second-order valence-corrected chi connectivity index (χ2v) is 9.79. The maximum absolute atomic E-state index is 12.5. The lowest BCUT2D eigenvalue weighted by Crippen LogP contribution is -2.39. The van der Waals surface area contributed by atoms with Gasteiger partial charge in [-0.2, -0.15) is 5.10 Å². The monoisotopic (exact) mass is 501 g/mol. The Kier molecular flexibility index (Phi) is 7.41.